The van der Waals surface area contributed by atoms with Crippen LogP contribution in [-0.4, -0.2) is 33.3 Å². The van der Waals surface area contributed by atoms with E-state index in [2.05, 4.69) is 20.6 Å². The first-order valence-electron chi connectivity index (χ1n) is 10.7. The topological polar surface area (TPSA) is 84.0 Å². The minimum Gasteiger partial charge on any atom is -0.325 e. The predicted octanol–water partition coefficient (Wildman–Crippen LogP) is 6.68. The number of nitrogens with one attached hydrogen (secondary N) is 2. The lowest BCUT2D eigenvalue weighted by atomic mass is 10.2. The standard InChI is InChI=1S/C25H20N4O2S4/c1-15-10-16(26-22(30)13-32-24-28-18-6-2-4-8-20(18)34-24)12-17(11-15)27-23(31)14-33-25-29-19-7-3-5-9-21(19)35-25/h2-12H,13-14H2,1H3,(H,26,30)(H,27,31). The molecule has 2 N–H and O–H groups in total. The molecule has 0 unspecified atom stereocenters. The van der Waals surface area contributed by atoms with Crippen molar-refractivity contribution in [3.8, 4) is 0 Å². The van der Waals surface area contributed by atoms with E-state index in [1.807, 2.05) is 67.6 Å². The van der Waals surface area contributed by atoms with Crippen molar-refractivity contribution in [2.75, 3.05) is 22.1 Å². The molecule has 5 aromatic rings. The molecule has 35 heavy (non-hydrogen) atoms. The number of carbonyl (C=O) groups excluding carboxylic acids is 2. The largest absolute Gasteiger partial charge is 0.325 e. The zero-order valence-electron chi connectivity index (χ0n) is 18.6. The van der Waals surface area contributed by atoms with Crippen LogP contribution in [0.25, 0.3) is 20.4 Å². The van der Waals surface area contributed by atoms with Crippen molar-refractivity contribution in [3.05, 3.63) is 72.3 Å². The summed E-state index contributed by atoms with van der Waals surface area (Å²) < 4.78 is 3.94. The van der Waals surface area contributed by atoms with Crippen LogP contribution in [0.5, 0.6) is 0 Å². The summed E-state index contributed by atoms with van der Waals surface area (Å²) in [5.41, 5.74) is 4.13. The minimum atomic E-state index is -0.122. The van der Waals surface area contributed by atoms with Gasteiger partial charge in [0, 0.05) is 11.4 Å². The van der Waals surface area contributed by atoms with Crippen LogP contribution in [-0.2, 0) is 9.59 Å². The Hall–Kier alpha value is -2.92. The lowest BCUT2D eigenvalue weighted by Crippen LogP contribution is -2.16. The molecule has 3 aromatic carbocycles. The van der Waals surface area contributed by atoms with E-state index >= 15 is 0 Å². The van der Waals surface area contributed by atoms with Crippen molar-refractivity contribution in [1.82, 2.24) is 9.97 Å². The molecule has 0 aliphatic carbocycles. The highest BCUT2D eigenvalue weighted by Crippen LogP contribution is 2.30. The highest BCUT2D eigenvalue weighted by molar-refractivity contribution is 8.02. The molecule has 0 fully saturated rings. The minimum absolute atomic E-state index is 0.122. The van der Waals surface area contributed by atoms with Crippen molar-refractivity contribution in [1.29, 1.82) is 0 Å². The van der Waals surface area contributed by atoms with Crippen molar-refractivity contribution < 1.29 is 9.59 Å². The molecular formula is C25H20N4O2S4. The summed E-state index contributed by atoms with van der Waals surface area (Å²) in [4.78, 5) is 34.2. The first-order valence-corrected chi connectivity index (χ1v) is 14.3. The summed E-state index contributed by atoms with van der Waals surface area (Å²) in [6.07, 6.45) is 0. The van der Waals surface area contributed by atoms with Gasteiger partial charge in [0.2, 0.25) is 11.8 Å². The number of fused-ring (bicyclic) bond motifs is 2. The molecule has 0 saturated heterocycles. The Morgan fingerprint density at radius 1 is 0.743 bits per heavy atom. The Balaban J connectivity index is 1.15. The quantitative estimate of drug-likeness (QED) is 0.215. The second-order valence-electron chi connectivity index (χ2n) is 7.66. The molecule has 0 spiro atoms. The molecule has 0 radical (unpaired) electrons. The molecule has 0 saturated carbocycles. The third-order valence-electron chi connectivity index (χ3n) is 4.85. The normalized spacial score (nSPS) is 11.1. The Morgan fingerprint density at radius 3 is 1.66 bits per heavy atom. The van der Waals surface area contributed by atoms with Crippen LogP contribution in [0.1, 0.15) is 5.56 Å². The number of amides is 2. The molecule has 2 heterocycles. The summed E-state index contributed by atoms with van der Waals surface area (Å²) in [5.74, 6) is 0.273. The molecule has 0 atom stereocenters. The number of aryl methyl sites for hydroxylation is 1. The van der Waals surface area contributed by atoms with Crippen LogP contribution in [0.3, 0.4) is 0 Å². The van der Waals surface area contributed by atoms with Gasteiger partial charge in [-0.25, -0.2) is 9.97 Å². The first-order chi connectivity index (χ1) is 17.0. The van der Waals surface area contributed by atoms with Crippen LogP contribution < -0.4 is 10.6 Å². The number of rotatable bonds is 8. The van der Waals surface area contributed by atoms with Crippen LogP contribution in [0.15, 0.2) is 75.4 Å². The Morgan fingerprint density at radius 2 is 1.20 bits per heavy atom. The van der Waals surface area contributed by atoms with E-state index in [0.29, 0.717) is 11.4 Å². The van der Waals surface area contributed by atoms with Gasteiger partial charge in [0.05, 0.1) is 31.9 Å². The van der Waals surface area contributed by atoms with Gasteiger partial charge < -0.3 is 10.6 Å². The Kier molecular flexibility index (Phi) is 7.33. The molecule has 5 rings (SSSR count). The number of nitrogens with zero attached hydrogens (tertiary/aromatic N) is 2. The van der Waals surface area contributed by atoms with Crippen LogP contribution >= 0.6 is 46.2 Å². The smallest absolute Gasteiger partial charge is 0.234 e. The average molecular weight is 537 g/mol. The lowest BCUT2D eigenvalue weighted by Gasteiger charge is -2.10. The summed E-state index contributed by atoms with van der Waals surface area (Å²) in [7, 11) is 0. The van der Waals surface area contributed by atoms with Crippen molar-refractivity contribution in [3.63, 3.8) is 0 Å². The fourth-order valence-electron chi connectivity index (χ4n) is 3.40. The van der Waals surface area contributed by atoms with Gasteiger partial charge in [-0.2, -0.15) is 0 Å². The highest BCUT2D eigenvalue weighted by Gasteiger charge is 2.11. The SMILES string of the molecule is Cc1cc(NC(=O)CSc2nc3ccccc3s2)cc(NC(=O)CSc2nc3ccccc3s2)c1. The van der Waals surface area contributed by atoms with Gasteiger partial charge in [-0.05, 0) is 55.0 Å². The number of anilines is 2. The Labute approximate surface area is 218 Å². The predicted molar refractivity (Wildman–Crippen MR) is 149 cm³/mol. The molecule has 2 amide bonds. The summed E-state index contributed by atoms with van der Waals surface area (Å²) >= 11 is 5.99. The second kappa shape index (κ2) is 10.8. The number of hydrogen-bond donors (Lipinski definition) is 2. The van der Waals surface area contributed by atoms with E-state index in [1.165, 1.54) is 23.5 Å². The molecule has 0 aliphatic rings. The van der Waals surface area contributed by atoms with Crippen molar-refractivity contribution in [2.45, 2.75) is 15.6 Å². The fourth-order valence-corrected chi connectivity index (χ4v) is 7.14. The van der Waals surface area contributed by atoms with E-state index < -0.39 is 0 Å². The number of benzene rings is 3. The monoisotopic (exact) mass is 536 g/mol. The third kappa shape index (κ3) is 6.21. The first kappa shape index (κ1) is 23.8. The van der Waals surface area contributed by atoms with Gasteiger partial charge in [0.15, 0.2) is 8.68 Å². The number of hydrogen-bond acceptors (Lipinski definition) is 8. The number of thioether (sulfide) groups is 2. The van der Waals surface area contributed by atoms with Gasteiger partial charge in [-0.15, -0.1) is 22.7 Å². The van der Waals surface area contributed by atoms with Crippen LogP contribution in [0.2, 0.25) is 0 Å². The van der Waals surface area contributed by atoms with Gasteiger partial charge in [-0.3, -0.25) is 9.59 Å². The molecule has 0 bridgehead atoms. The molecule has 2 aromatic heterocycles. The molecule has 10 heteroatoms. The second-order valence-corrected chi connectivity index (χ2v) is 12.2. The average Bonchev–Trinajstić information content (AvgIpc) is 3.44. The van der Waals surface area contributed by atoms with E-state index in [-0.39, 0.29) is 23.3 Å². The van der Waals surface area contributed by atoms with Gasteiger partial charge >= 0.3 is 0 Å². The Bertz CT molecular complexity index is 1350. The molecule has 6 nitrogen and oxygen atoms in total. The summed E-state index contributed by atoms with van der Waals surface area (Å²) in [6, 6.07) is 21.4. The number of carbonyl (C=O) groups is 2. The van der Waals surface area contributed by atoms with E-state index in [9.17, 15) is 9.59 Å². The van der Waals surface area contributed by atoms with Crippen molar-refractivity contribution in [2.24, 2.45) is 0 Å². The summed E-state index contributed by atoms with van der Waals surface area (Å²) in [6.45, 7) is 1.93. The van der Waals surface area contributed by atoms with Crippen LogP contribution in [0.4, 0.5) is 11.4 Å². The lowest BCUT2D eigenvalue weighted by molar-refractivity contribution is -0.114. The number of aromatic nitrogens is 2. The maximum absolute atomic E-state index is 12.5. The third-order valence-corrected chi connectivity index (χ3v) is 9.21. The number of para-hydroxylation sites is 2. The van der Waals surface area contributed by atoms with Gasteiger partial charge in [0.25, 0.3) is 0 Å². The zero-order valence-corrected chi connectivity index (χ0v) is 21.9. The van der Waals surface area contributed by atoms with E-state index in [1.54, 1.807) is 28.7 Å². The van der Waals surface area contributed by atoms with Gasteiger partial charge in [-0.1, -0.05) is 47.8 Å². The molecular weight excluding hydrogens is 517 g/mol. The van der Waals surface area contributed by atoms with Crippen molar-refractivity contribution >= 4 is 89.8 Å². The highest BCUT2D eigenvalue weighted by atomic mass is 32.2. The van der Waals surface area contributed by atoms with Gasteiger partial charge in [0.1, 0.15) is 0 Å². The summed E-state index contributed by atoms with van der Waals surface area (Å²) in [5, 5.41) is 5.85. The fraction of sp³-hybridized carbons (Fsp3) is 0.120. The van der Waals surface area contributed by atoms with E-state index in [4.69, 9.17) is 0 Å². The number of thiazole rings is 2. The van der Waals surface area contributed by atoms with Crippen LogP contribution in [0, 0.1) is 6.92 Å². The molecule has 0 aliphatic heterocycles. The maximum atomic E-state index is 12.5. The zero-order chi connectivity index (χ0) is 24.2. The van der Waals surface area contributed by atoms with E-state index in [0.717, 1.165) is 34.7 Å². The maximum Gasteiger partial charge on any atom is 0.234 e. The molecule has 176 valence electrons.